The molecule has 0 bridgehead atoms. The van der Waals surface area contributed by atoms with Crippen LogP contribution in [0.2, 0.25) is 0 Å². The molecule has 0 spiro atoms. The number of hydrogen-bond acceptors (Lipinski definition) is 2. The number of nitrogens with zero attached hydrogens (tertiary/aromatic N) is 1. The van der Waals surface area contributed by atoms with E-state index in [9.17, 15) is 9.59 Å². The molecular formula is C9H9NO2. The smallest absolute Gasteiger partial charge is 0.241 e. The highest BCUT2D eigenvalue weighted by molar-refractivity contribution is 6.03. The van der Waals surface area contributed by atoms with Crippen molar-refractivity contribution in [2.24, 2.45) is 5.92 Å². The molecule has 2 rings (SSSR count). The van der Waals surface area contributed by atoms with Crippen molar-refractivity contribution < 1.29 is 9.59 Å². The number of amides is 2. The highest BCUT2D eigenvalue weighted by Crippen LogP contribution is 2.27. The molecule has 0 aromatic rings. The van der Waals surface area contributed by atoms with E-state index >= 15 is 0 Å². The Balaban J connectivity index is 2.06. The van der Waals surface area contributed by atoms with Gasteiger partial charge in [-0.1, -0.05) is 5.92 Å². The summed E-state index contributed by atoms with van der Waals surface area (Å²) >= 11 is 0. The van der Waals surface area contributed by atoms with Crippen LogP contribution in [-0.4, -0.2) is 16.7 Å². The van der Waals surface area contributed by atoms with E-state index in [2.05, 4.69) is 12.0 Å². The molecule has 2 fully saturated rings. The molecule has 12 heavy (non-hydrogen) atoms. The van der Waals surface area contributed by atoms with Gasteiger partial charge in [0.25, 0.3) is 0 Å². The quantitative estimate of drug-likeness (QED) is 0.385. The fourth-order valence-electron chi connectivity index (χ4n) is 1.08. The minimum atomic E-state index is -0.145. The van der Waals surface area contributed by atoms with Gasteiger partial charge in [0.15, 0.2) is 0 Å². The Morgan fingerprint density at radius 2 is 1.75 bits per heavy atom. The van der Waals surface area contributed by atoms with Gasteiger partial charge in [0.2, 0.25) is 11.8 Å². The number of carbonyl (C=O) groups is 2. The molecule has 1 saturated heterocycles. The van der Waals surface area contributed by atoms with Crippen LogP contribution in [0.4, 0.5) is 0 Å². The first-order valence-corrected chi connectivity index (χ1v) is 4.14. The maximum Gasteiger partial charge on any atom is 0.241 e. The van der Waals surface area contributed by atoms with Gasteiger partial charge in [-0.15, -0.1) is 0 Å². The van der Waals surface area contributed by atoms with E-state index in [-0.39, 0.29) is 11.8 Å². The third-order valence-corrected chi connectivity index (χ3v) is 2.01. The summed E-state index contributed by atoms with van der Waals surface area (Å²) in [6.45, 7) is 0. The standard InChI is InChI=1S/C9H9NO2/c11-8-3-4-9(12)10(8)6-5-7-1-2-7/h7H,1-4H2. The number of imide groups is 1. The molecule has 62 valence electrons. The van der Waals surface area contributed by atoms with Gasteiger partial charge >= 0.3 is 0 Å². The maximum atomic E-state index is 11.0. The Bertz CT molecular complexity index is 277. The minimum Gasteiger partial charge on any atom is -0.273 e. The van der Waals surface area contributed by atoms with Crippen LogP contribution in [0.25, 0.3) is 0 Å². The molecule has 2 amide bonds. The average molecular weight is 163 g/mol. The van der Waals surface area contributed by atoms with E-state index in [1.807, 2.05) is 0 Å². The van der Waals surface area contributed by atoms with E-state index in [4.69, 9.17) is 0 Å². The molecule has 1 heterocycles. The molecule has 0 aromatic heterocycles. The summed E-state index contributed by atoms with van der Waals surface area (Å²) in [6, 6.07) is 2.63. The van der Waals surface area contributed by atoms with Crippen molar-refractivity contribution >= 4 is 11.8 Å². The Morgan fingerprint density at radius 1 is 1.17 bits per heavy atom. The zero-order valence-corrected chi connectivity index (χ0v) is 6.67. The van der Waals surface area contributed by atoms with Gasteiger partial charge in [-0.05, 0) is 12.8 Å². The summed E-state index contributed by atoms with van der Waals surface area (Å²) in [5.41, 5.74) is 0. The van der Waals surface area contributed by atoms with Crippen LogP contribution in [0, 0.1) is 17.9 Å². The zero-order chi connectivity index (χ0) is 8.55. The Hall–Kier alpha value is -1.30. The van der Waals surface area contributed by atoms with E-state index in [1.54, 1.807) is 0 Å². The maximum absolute atomic E-state index is 11.0. The molecule has 0 radical (unpaired) electrons. The summed E-state index contributed by atoms with van der Waals surface area (Å²) in [4.78, 5) is 23.1. The van der Waals surface area contributed by atoms with Gasteiger partial charge in [-0.25, -0.2) is 4.90 Å². The van der Waals surface area contributed by atoms with Crippen LogP contribution < -0.4 is 0 Å². The van der Waals surface area contributed by atoms with Crippen molar-refractivity contribution in [2.45, 2.75) is 25.7 Å². The fourth-order valence-corrected chi connectivity index (χ4v) is 1.08. The predicted octanol–water partition coefficient (Wildman–Crippen LogP) is 0.506. The molecule has 2 aliphatic rings. The third-order valence-electron chi connectivity index (χ3n) is 2.01. The normalized spacial score (nSPS) is 22.5. The fraction of sp³-hybridized carbons (Fsp3) is 0.556. The second kappa shape index (κ2) is 2.63. The topological polar surface area (TPSA) is 37.4 Å². The van der Waals surface area contributed by atoms with Gasteiger partial charge in [0.1, 0.15) is 0 Å². The highest BCUT2D eigenvalue weighted by Gasteiger charge is 2.28. The Morgan fingerprint density at radius 3 is 2.25 bits per heavy atom. The van der Waals surface area contributed by atoms with Gasteiger partial charge in [-0.3, -0.25) is 9.59 Å². The van der Waals surface area contributed by atoms with Crippen molar-refractivity contribution in [1.29, 1.82) is 0 Å². The minimum absolute atomic E-state index is 0.145. The van der Waals surface area contributed by atoms with E-state index in [0.29, 0.717) is 18.8 Å². The Kier molecular flexibility index (Phi) is 1.61. The van der Waals surface area contributed by atoms with Gasteiger partial charge in [0, 0.05) is 24.8 Å². The van der Waals surface area contributed by atoms with Crippen LogP contribution in [0.1, 0.15) is 25.7 Å². The first-order chi connectivity index (χ1) is 5.77. The van der Waals surface area contributed by atoms with Gasteiger partial charge in [-0.2, -0.15) is 0 Å². The molecular weight excluding hydrogens is 154 g/mol. The summed E-state index contributed by atoms with van der Waals surface area (Å²) < 4.78 is 0. The molecule has 0 N–H and O–H groups in total. The lowest BCUT2D eigenvalue weighted by molar-refractivity contribution is -0.134. The van der Waals surface area contributed by atoms with Crippen LogP contribution in [0.5, 0.6) is 0 Å². The largest absolute Gasteiger partial charge is 0.273 e. The lowest BCUT2D eigenvalue weighted by Crippen LogP contribution is -2.23. The number of hydrogen-bond donors (Lipinski definition) is 0. The highest BCUT2D eigenvalue weighted by atomic mass is 16.2. The predicted molar refractivity (Wildman–Crippen MR) is 41.6 cm³/mol. The molecule has 1 saturated carbocycles. The molecule has 0 atom stereocenters. The first-order valence-electron chi connectivity index (χ1n) is 4.14. The molecule has 3 nitrogen and oxygen atoms in total. The van der Waals surface area contributed by atoms with Crippen LogP contribution in [0.3, 0.4) is 0 Å². The second-order valence-electron chi connectivity index (χ2n) is 3.15. The number of rotatable bonds is 0. The van der Waals surface area contributed by atoms with E-state index < -0.39 is 0 Å². The molecule has 0 unspecified atom stereocenters. The lowest BCUT2D eigenvalue weighted by Gasteiger charge is -2.00. The molecule has 1 aliphatic heterocycles. The van der Waals surface area contributed by atoms with Crippen LogP contribution >= 0.6 is 0 Å². The van der Waals surface area contributed by atoms with E-state index in [1.165, 1.54) is 0 Å². The van der Waals surface area contributed by atoms with Crippen molar-refractivity contribution in [3.05, 3.63) is 0 Å². The summed E-state index contributed by atoms with van der Waals surface area (Å²) in [6.07, 6.45) is 2.89. The van der Waals surface area contributed by atoms with Gasteiger partial charge < -0.3 is 0 Å². The van der Waals surface area contributed by atoms with Crippen LogP contribution in [-0.2, 0) is 9.59 Å². The number of carbonyl (C=O) groups excluding carboxylic acids is 2. The van der Waals surface area contributed by atoms with Crippen molar-refractivity contribution in [3.63, 3.8) is 0 Å². The molecule has 0 aromatic carbocycles. The zero-order valence-electron chi connectivity index (χ0n) is 6.67. The van der Waals surface area contributed by atoms with Gasteiger partial charge in [0.05, 0.1) is 0 Å². The molecule has 3 heteroatoms. The third kappa shape index (κ3) is 1.33. The van der Waals surface area contributed by atoms with Crippen LogP contribution in [0.15, 0.2) is 0 Å². The summed E-state index contributed by atoms with van der Waals surface area (Å²) in [5.74, 6) is 3.04. The van der Waals surface area contributed by atoms with Crippen molar-refractivity contribution in [2.75, 3.05) is 0 Å². The monoisotopic (exact) mass is 163 g/mol. The first kappa shape index (κ1) is 7.35. The van der Waals surface area contributed by atoms with Crippen molar-refractivity contribution in [3.8, 4) is 12.0 Å². The lowest BCUT2D eigenvalue weighted by atomic mass is 10.4. The van der Waals surface area contributed by atoms with E-state index in [0.717, 1.165) is 17.7 Å². The Labute approximate surface area is 70.7 Å². The average Bonchev–Trinajstić information content (AvgIpc) is 2.80. The number of likely N-dealkylation sites (tertiary alicyclic amines) is 1. The summed E-state index contributed by atoms with van der Waals surface area (Å²) in [7, 11) is 0. The summed E-state index contributed by atoms with van der Waals surface area (Å²) in [5, 5.41) is 0. The molecule has 1 aliphatic carbocycles. The van der Waals surface area contributed by atoms with Crippen molar-refractivity contribution in [1.82, 2.24) is 4.90 Å². The SMILES string of the molecule is O=C1CCC(=O)N1C#CC1CC1. The second-order valence-corrected chi connectivity index (χ2v) is 3.15.